The highest BCUT2D eigenvalue weighted by atomic mass is 16.5. The zero-order chi connectivity index (χ0) is 10.9. The lowest BCUT2D eigenvalue weighted by Gasteiger charge is -2.05. The first-order chi connectivity index (χ1) is 7.34. The fourth-order valence-electron chi connectivity index (χ4n) is 0.969. The van der Waals surface area contributed by atoms with Gasteiger partial charge in [0.05, 0.1) is 6.61 Å². The Labute approximate surface area is 87.9 Å². The van der Waals surface area contributed by atoms with E-state index < -0.39 is 0 Å². The van der Waals surface area contributed by atoms with Crippen molar-refractivity contribution in [3.8, 4) is 0 Å². The van der Waals surface area contributed by atoms with Crippen LogP contribution in [0.15, 0.2) is 18.7 Å². The molecule has 0 spiro atoms. The predicted octanol–water partition coefficient (Wildman–Crippen LogP) is -0.160. The highest BCUT2D eigenvalue weighted by Gasteiger charge is 2.00. The van der Waals surface area contributed by atoms with Crippen LogP contribution in [0.2, 0.25) is 0 Å². The first-order valence-electron chi connectivity index (χ1n) is 4.79. The molecule has 0 saturated heterocycles. The van der Waals surface area contributed by atoms with Gasteiger partial charge in [-0.05, 0) is 6.42 Å². The molecule has 0 atom stereocenters. The Morgan fingerprint density at radius 2 is 2.40 bits per heavy atom. The van der Waals surface area contributed by atoms with E-state index in [0.29, 0.717) is 26.2 Å². The second-order valence-corrected chi connectivity index (χ2v) is 2.89. The average Bonchev–Trinajstić information content (AvgIpc) is 2.76. The molecular formula is C9H15N3O3. The van der Waals surface area contributed by atoms with Gasteiger partial charge >= 0.3 is 6.03 Å². The van der Waals surface area contributed by atoms with Crippen LogP contribution < -0.4 is 5.32 Å². The van der Waals surface area contributed by atoms with E-state index in [1.54, 1.807) is 6.20 Å². The normalized spacial score (nSPS) is 10.2. The number of carbonyl (C=O) groups is 1. The van der Waals surface area contributed by atoms with Crippen LogP contribution in [0, 0.1) is 0 Å². The average molecular weight is 213 g/mol. The molecule has 1 aromatic heterocycles. The Hall–Kier alpha value is -1.40. The summed E-state index contributed by atoms with van der Waals surface area (Å²) in [6.07, 6.45) is 5.16. The number of nitrogens with one attached hydrogen (secondary N) is 1. The zero-order valence-corrected chi connectivity index (χ0v) is 8.43. The third-order valence-corrected chi connectivity index (χ3v) is 1.71. The Morgan fingerprint density at radius 3 is 3.07 bits per heavy atom. The van der Waals surface area contributed by atoms with Crippen LogP contribution in [-0.4, -0.2) is 47.1 Å². The summed E-state index contributed by atoms with van der Waals surface area (Å²) in [5.74, 6) is 0. The molecule has 2 N–H and O–H groups in total. The van der Waals surface area contributed by atoms with Gasteiger partial charge in [0, 0.05) is 32.2 Å². The first-order valence-corrected chi connectivity index (χ1v) is 4.79. The number of hydrogen-bond donors (Lipinski definition) is 2. The van der Waals surface area contributed by atoms with Crippen molar-refractivity contribution in [1.29, 1.82) is 0 Å². The molecule has 1 amide bonds. The van der Waals surface area contributed by atoms with Gasteiger partial charge in [0.2, 0.25) is 0 Å². The highest BCUT2D eigenvalue weighted by Crippen LogP contribution is 1.84. The van der Waals surface area contributed by atoms with E-state index in [2.05, 4.69) is 10.3 Å². The summed E-state index contributed by atoms with van der Waals surface area (Å²) in [5, 5.41) is 11.1. The van der Waals surface area contributed by atoms with E-state index in [0.717, 1.165) is 0 Å². The second kappa shape index (κ2) is 6.97. The summed E-state index contributed by atoms with van der Waals surface area (Å²) >= 11 is 0. The Morgan fingerprint density at radius 1 is 1.53 bits per heavy atom. The van der Waals surface area contributed by atoms with Gasteiger partial charge in [0.1, 0.15) is 6.33 Å². The number of nitrogens with zero attached hydrogens (tertiary/aromatic N) is 2. The smallest absolute Gasteiger partial charge is 0.326 e. The molecule has 0 fully saturated rings. The first kappa shape index (κ1) is 11.7. The van der Waals surface area contributed by atoms with Crippen molar-refractivity contribution in [1.82, 2.24) is 14.9 Å². The van der Waals surface area contributed by atoms with Gasteiger partial charge in [-0.1, -0.05) is 0 Å². The van der Waals surface area contributed by atoms with Crippen LogP contribution in [0.3, 0.4) is 0 Å². The van der Waals surface area contributed by atoms with Crippen LogP contribution in [0.5, 0.6) is 0 Å². The van der Waals surface area contributed by atoms with Crippen molar-refractivity contribution in [3.63, 3.8) is 0 Å². The maximum Gasteiger partial charge on any atom is 0.326 e. The SMILES string of the molecule is O=C(NCCOCCCO)n1ccnc1. The molecule has 0 unspecified atom stereocenters. The topological polar surface area (TPSA) is 76.4 Å². The number of imidazole rings is 1. The molecule has 0 aromatic carbocycles. The highest BCUT2D eigenvalue weighted by molar-refractivity contribution is 5.76. The molecular weight excluding hydrogens is 198 g/mol. The number of rotatable bonds is 6. The lowest BCUT2D eigenvalue weighted by Crippen LogP contribution is -2.30. The molecule has 15 heavy (non-hydrogen) atoms. The molecule has 0 saturated carbocycles. The van der Waals surface area contributed by atoms with Crippen molar-refractivity contribution in [2.45, 2.75) is 6.42 Å². The molecule has 6 heteroatoms. The van der Waals surface area contributed by atoms with Crippen molar-refractivity contribution in [2.75, 3.05) is 26.4 Å². The third-order valence-electron chi connectivity index (χ3n) is 1.71. The lowest BCUT2D eigenvalue weighted by atomic mass is 10.5. The predicted molar refractivity (Wildman–Crippen MR) is 53.5 cm³/mol. The maximum atomic E-state index is 11.3. The van der Waals surface area contributed by atoms with Crippen molar-refractivity contribution in [2.24, 2.45) is 0 Å². The van der Waals surface area contributed by atoms with E-state index in [-0.39, 0.29) is 12.6 Å². The van der Waals surface area contributed by atoms with Crippen LogP contribution in [0.4, 0.5) is 4.79 Å². The Bertz CT molecular complexity index is 274. The maximum absolute atomic E-state index is 11.3. The molecule has 1 heterocycles. The van der Waals surface area contributed by atoms with Gasteiger partial charge in [-0.3, -0.25) is 4.57 Å². The van der Waals surface area contributed by atoms with Crippen molar-refractivity contribution < 1.29 is 14.6 Å². The number of aromatic nitrogens is 2. The minimum atomic E-state index is -0.224. The van der Waals surface area contributed by atoms with E-state index in [4.69, 9.17) is 9.84 Å². The van der Waals surface area contributed by atoms with Gasteiger partial charge in [0.25, 0.3) is 0 Å². The summed E-state index contributed by atoms with van der Waals surface area (Å²) in [7, 11) is 0. The fraction of sp³-hybridized carbons (Fsp3) is 0.556. The summed E-state index contributed by atoms with van der Waals surface area (Å²) in [5.41, 5.74) is 0. The van der Waals surface area contributed by atoms with E-state index in [1.807, 2.05) is 0 Å². The quantitative estimate of drug-likeness (QED) is 0.644. The van der Waals surface area contributed by atoms with Crippen LogP contribution >= 0.6 is 0 Å². The van der Waals surface area contributed by atoms with Gasteiger partial charge in [-0.2, -0.15) is 0 Å². The van der Waals surface area contributed by atoms with Crippen molar-refractivity contribution >= 4 is 6.03 Å². The lowest BCUT2D eigenvalue weighted by molar-refractivity contribution is 0.118. The molecule has 0 bridgehead atoms. The van der Waals surface area contributed by atoms with Crippen LogP contribution in [-0.2, 0) is 4.74 Å². The molecule has 1 aromatic rings. The summed E-state index contributed by atoms with van der Waals surface area (Å²) in [6, 6.07) is -0.224. The minimum absolute atomic E-state index is 0.126. The molecule has 1 rings (SSSR count). The molecule has 0 aliphatic heterocycles. The van der Waals surface area contributed by atoms with E-state index >= 15 is 0 Å². The number of hydrogen-bond acceptors (Lipinski definition) is 4. The largest absolute Gasteiger partial charge is 0.396 e. The Balaban J connectivity index is 2.03. The Kier molecular flexibility index (Phi) is 5.42. The van der Waals surface area contributed by atoms with Gasteiger partial charge in [0.15, 0.2) is 0 Å². The van der Waals surface area contributed by atoms with Crippen LogP contribution in [0.1, 0.15) is 6.42 Å². The van der Waals surface area contributed by atoms with Gasteiger partial charge in [-0.15, -0.1) is 0 Å². The van der Waals surface area contributed by atoms with Crippen molar-refractivity contribution in [3.05, 3.63) is 18.7 Å². The number of aliphatic hydroxyl groups excluding tert-OH is 1. The third kappa shape index (κ3) is 4.57. The number of carbonyl (C=O) groups excluding carboxylic acids is 1. The molecule has 6 nitrogen and oxygen atoms in total. The summed E-state index contributed by atoms with van der Waals surface area (Å²) in [6.45, 7) is 1.53. The molecule has 0 aliphatic carbocycles. The van der Waals surface area contributed by atoms with E-state index in [9.17, 15) is 4.79 Å². The number of amides is 1. The summed E-state index contributed by atoms with van der Waals surface area (Å²) < 4.78 is 6.50. The number of ether oxygens (including phenoxy) is 1. The standard InChI is InChI=1S/C9H15N3O3/c13-5-1-6-15-7-3-11-9(14)12-4-2-10-8-12/h2,4,8,13H,1,3,5-7H2,(H,11,14). The minimum Gasteiger partial charge on any atom is -0.396 e. The van der Waals surface area contributed by atoms with Crippen LogP contribution in [0.25, 0.3) is 0 Å². The van der Waals surface area contributed by atoms with Gasteiger partial charge in [-0.25, -0.2) is 9.78 Å². The fourth-order valence-corrected chi connectivity index (χ4v) is 0.969. The second-order valence-electron chi connectivity index (χ2n) is 2.89. The van der Waals surface area contributed by atoms with E-state index in [1.165, 1.54) is 17.1 Å². The number of aliphatic hydroxyl groups is 1. The monoisotopic (exact) mass is 213 g/mol. The van der Waals surface area contributed by atoms with Gasteiger partial charge < -0.3 is 15.2 Å². The summed E-state index contributed by atoms with van der Waals surface area (Å²) in [4.78, 5) is 15.1. The molecule has 0 aliphatic rings. The zero-order valence-electron chi connectivity index (χ0n) is 8.43. The molecule has 84 valence electrons. The molecule has 0 radical (unpaired) electrons.